The molecule has 0 aromatic heterocycles. The maximum atomic E-state index is 11.5. The number of nitrogens with two attached hydrogens (primary N) is 1. The van der Waals surface area contributed by atoms with Gasteiger partial charge in [0.05, 0.1) is 19.7 Å². The normalized spacial score (nSPS) is 20.0. The fraction of sp³-hybridized carbons (Fsp3) is 0.417. The predicted octanol–water partition coefficient (Wildman–Crippen LogP) is -0.0413. The van der Waals surface area contributed by atoms with Crippen molar-refractivity contribution in [3.63, 3.8) is 0 Å². The Kier molecular flexibility index (Phi) is 3.49. The van der Waals surface area contributed by atoms with E-state index in [-0.39, 0.29) is 11.9 Å². The lowest BCUT2D eigenvalue weighted by molar-refractivity contribution is -0.121. The molecule has 1 saturated heterocycles. The third kappa shape index (κ3) is 2.68. The van der Waals surface area contributed by atoms with E-state index in [0.29, 0.717) is 13.1 Å². The van der Waals surface area contributed by atoms with Gasteiger partial charge < -0.3 is 20.7 Å². The smallest absolute Gasteiger partial charge is 0.239 e. The number of methoxy groups -OCH3 is 1. The minimum absolute atomic E-state index is 0.0162. The number of nitrogens with zero attached hydrogens (tertiary/aromatic N) is 1. The zero-order valence-electron chi connectivity index (χ0n) is 9.85. The molecular formula is C12H17N3O2. The Balaban J connectivity index is 2.12. The van der Waals surface area contributed by atoms with E-state index in [4.69, 9.17) is 10.5 Å². The SMILES string of the molecule is COc1ccc(N2CC(=O)NC(CN)C2)cc1. The van der Waals surface area contributed by atoms with E-state index in [0.717, 1.165) is 18.0 Å². The maximum absolute atomic E-state index is 11.5. The highest BCUT2D eigenvalue weighted by atomic mass is 16.5. The van der Waals surface area contributed by atoms with Gasteiger partial charge in [0, 0.05) is 18.8 Å². The molecule has 5 heteroatoms. The molecule has 1 aromatic rings. The van der Waals surface area contributed by atoms with Crippen molar-refractivity contribution >= 4 is 11.6 Å². The molecule has 1 atom stereocenters. The lowest BCUT2D eigenvalue weighted by Crippen LogP contribution is -2.56. The number of anilines is 1. The quantitative estimate of drug-likeness (QED) is 0.771. The lowest BCUT2D eigenvalue weighted by Gasteiger charge is -2.34. The fourth-order valence-corrected chi connectivity index (χ4v) is 1.95. The van der Waals surface area contributed by atoms with E-state index in [1.807, 2.05) is 29.2 Å². The maximum Gasteiger partial charge on any atom is 0.239 e. The highest BCUT2D eigenvalue weighted by Gasteiger charge is 2.23. The third-order valence-electron chi connectivity index (χ3n) is 2.86. The van der Waals surface area contributed by atoms with Crippen LogP contribution in [0.15, 0.2) is 24.3 Å². The molecular weight excluding hydrogens is 218 g/mol. The summed E-state index contributed by atoms with van der Waals surface area (Å²) in [6.45, 7) is 1.58. The summed E-state index contributed by atoms with van der Waals surface area (Å²) in [4.78, 5) is 13.5. The number of hydrogen-bond donors (Lipinski definition) is 2. The Morgan fingerprint density at radius 2 is 2.18 bits per heavy atom. The molecule has 0 saturated carbocycles. The number of rotatable bonds is 3. The van der Waals surface area contributed by atoms with Gasteiger partial charge >= 0.3 is 0 Å². The van der Waals surface area contributed by atoms with Gasteiger partial charge in [-0.1, -0.05) is 0 Å². The average molecular weight is 235 g/mol. The van der Waals surface area contributed by atoms with E-state index in [9.17, 15) is 4.79 Å². The monoisotopic (exact) mass is 235 g/mol. The first-order valence-electron chi connectivity index (χ1n) is 5.61. The standard InChI is InChI=1S/C12H17N3O2/c1-17-11-4-2-10(3-5-11)15-7-9(6-13)14-12(16)8-15/h2-5,9H,6-8,13H2,1H3,(H,14,16). The number of hydrogen-bond acceptors (Lipinski definition) is 4. The minimum Gasteiger partial charge on any atom is -0.497 e. The zero-order valence-corrected chi connectivity index (χ0v) is 9.85. The second-order valence-electron chi connectivity index (χ2n) is 4.08. The van der Waals surface area contributed by atoms with Crippen LogP contribution in [0.4, 0.5) is 5.69 Å². The number of benzene rings is 1. The Morgan fingerprint density at radius 3 is 2.76 bits per heavy atom. The summed E-state index contributed by atoms with van der Waals surface area (Å²) in [7, 11) is 1.63. The molecule has 0 spiro atoms. The first-order valence-corrected chi connectivity index (χ1v) is 5.61. The molecule has 92 valence electrons. The first-order chi connectivity index (χ1) is 8.22. The summed E-state index contributed by atoms with van der Waals surface area (Å²) >= 11 is 0. The summed E-state index contributed by atoms with van der Waals surface area (Å²) in [6.07, 6.45) is 0. The highest BCUT2D eigenvalue weighted by Crippen LogP contribution is 2.20. The van der Waals surface area contributed by atoms with Crippen LogP contribution < -0.4 is 20.7 Å². The van der Waals surface area contributed by atoms with Crippen LogP contribution in [-0.4, -0.2) is 38.7 Å². The van der Waals surface area contributed by atoms with Crippen LogP contribution in [-0.2, 0) is 4.79 Å². The Morgan fingerprint density at radius 1 is 1.47 bits per heavy atom. The first kappa shape index (κ1) is 11.7. The van der Waals surface area contributed by atoms with Crippen molar-refractivity contribution in [3.8, 4) is 5.75 Å². The number of amides is 1. The van der Waals surface area contributed by atoms with Crippen molar-refractivity contribution in [2.45, 2.75) is 6.04 Å². The topological polar surface area (TPSA) is 67.6 Å². The highest BCUT2D eigenvalue weighted by molar-refractivity contribution is 5.83. The van der Waals surface area contributed by atoms with Crippen molar-refractivity contribution in [2.24, 2.45) is 5.73 Å². The molecule has 0 bridgehead atoms. The van der Waals surface area contributed by atoms with E-state index in [2.05, 4.69) is 5.32 Å². The predicted molar refractivity (Wildman–Crippen MR) is 66.2 cm³/mol. The van der Waals surface area contributed by atoms with Gasteiger partial charge in [-0.15, -0.1) is 0 Å². The number of carbonyl (C=O) groups is 1. The Bertz CT molecular complexity index is 391. The third-order valence-corrected chi connectivity index (χ3v) is 2.86. The molecule has 1 unspecified atom stereocenters. The van der Waals surface area contributed by atoms with Crippen molar-refractivity contribution < 1.29 is 9.53 Å². The Labute approximate surface area is 101 Å². The van der Waals surface area contributed by atoms with E-state index < -0.39 is 0 Å². The number of carbonyl (C=O) groups excluding carboxylic acids is 1. The van der Waals surface area contributed by atoms with Crippen LogP contribution in [0, 0.1) is 0 Å². The zero-order chi connectivity index (χ0) is 12.3. The second-order valence-corrected chi connectivity index (χ2v) is 4.08. The minimum atomic E-state index is 0.0162. The van der Waals surface area contributed by atoms with Gasteiger partial charge in [0.1, 0.15) is 5.75 Å². The molecule has 2 rings (SSSR count). The average Bonchev–Trinajstić information content (AvgIpc) is 2.38. The molecule has 3 N–H and O–H groups in total. The van der Waals surface area contributed by atoms with Crippen LogP contribution in [0.25, 0.3) is 0 Å². The molecule has 1 heterocycles. The van der Waals surface area contributed by atoms with Gasteiger partial charge in [0.15, 0.2) is 0 Å². The fourth-order valence-electron chi connectivity index (χ4n) is 1.95. The largest absolute Gasteiger partial charge is 0.497 e. The molecule has 0 radical (unpaired) electrons. The van der Waals surface area contributed by atoms with Gasteiger partial charge in [0.25, 0.3) is 0 Å². The summed E-state index contributed by atoms with van der Waals surface area (Å²) < 4.78 is 5.10. The molecule has 5 nitrogen and oxygen atoms in total. The number of piperazine rings is 1. The van der Waals surface area contributed by atoms with Crippen molar-refractivity contribution in [3.05, 3.63) is 24.3 Å². The number of nitrogens with one attached hydrogen (secondary N) is 1. The molecule has 1 aromatic carbocycles. The van der Waals surface area contributed by atoms with Crippen LogP contribution in [0.3, 0.4) is 0 Å². The molecule has 17 heavy (non-hydrogen) atoms. The van der Waals surface area contributed by atoms with Crippen molar-refractivity contribution in [2.75, 3.05) is 31.6 Å². The van der Waals surface area contributed by atoms with E-state index in [1.54, 1.807) is 7.11 Å². The van der Waals surface area contributed by atoms with E-state index >= 15 is 0 Å². The Hall–Kier alpha value is -1.75. The lowest BCUT2D eigenvalue weighted by atomic mass is 10.1. The summed E-state index contributed by atoms with van der Waals surface area (Å²) in [6, 6.07) is 7.70. The molecule has 1 aliphatic rings. The van der Waals surface area contributed by atoms with Gasteiger partial charge in [-0.25, -0.2) is 0 Å². The summed E-state index contributed by atoms with van der Waals surface area (Å²) in [5, 5.41) is 2.86. The van der Waals surface area contributed by atoms with Gasteiger partial charge in [-0.2, -0.15) is 0 Å². The molecule has 1 amide bonds. The van der Waals surface area contributed by atoms with Crippen molar-refractivity contribution in [1.29, 1.82) is 0 Å². The summed E-state index contributed by atoms with van der Waals surface area (Å²) in [5.41, 5.74) is 6.60. The second kappa shape index (κ2) is 5.05. The van der Waals surface area contributed by atoms with Crippen LogP contribution in [0.2, 0.25) is 0 Å². The van der Waals surface area contributed by atoms with Crippen LogP contribution in [0.1, 0.15) is 0 Å². The number of ether oxygens (including phenoxy) is 1. The van der Waals surface area contributed by atoms with Gasteiger partial charge in [-0.05, 0) is 24.3 Å². The van der Waals surface area contributed by atoms with Gasteiger partial charge in [0.2, 0.25) is 5.91 Å². The van der Waals surface area contributed by atoms with Gasteiger partial charge in [-0.3, -0.25) is 4.79 Å². The van der Waals surface area contributed by atoms with Crippen LogP contribution >= 0.6 is 0 Å². The summed E-state index contributed by atoms with van der Waals surface area (Å²) in [5.74, 6) is 0.827. The molecule has 0 aliphatic carbocycles. The van der Waals surface area contributed by atoms with E-state index in [1.165, 1.54) is 0 Å². The molecule has 1 aliphatic heterocycles. The van der Waals surface area contributed by atoms with Crippen molar-refractivity contribution in [1.82, 2.24) is 5.32 Å². The molecule has 1 fully saturated rings. The van der Waals surface area contributed by atoms with Crippen LogP contribution in [0.5, 0.6) is 5.75 Å².